The molecule has 1 aliphatic rings. The van der Waals surface area contributed by atoms with E-state index in [2.05, 4.69) is 6.92 Å². The summed E-state index contributed by atoms with van der Waals surface area (Å²) in [7, 11) is 0. The van der Waals surface area contributed by atoms with E-state index >= 15 is 0 Å². The smallest absolute Gasteiger partial charge is 0.162 e. The van der Waals surface area contributed by atoms with Crippen molar-refractivity contribution >= 4 is 17.5 Å². The first-order valence-corrected chi connectivity index (χ1v) is 5.78. The Morgan fingerprint density at radius 1 is 1.54 bits per heavy atom. The molecule has 0 aromatic carbocycles. The van der Waals surface area contributed by atoms with E-state index in [1.165, 1.54) is 0 Å². The summed E-state index contributed by atoms with van der Waals surface area (Å²) in [5.41, 5.74) is 0. The Morgan fingerprint density at radius 3 is 2.62 bits per heavy atom. The minimum Gasteiger partial charge on any atom is -0.297 e. The number of carbonyl (C=O) groups is 1. The largest absolute Gasteiger partial charge is 0.297 e. The maximum atomic E-state index is 11.7. The van der Waals surface area contributed by atoms with Crippen LogP contribution in [0.5, 0.6) is 0 Å². The summed E-state index contributed by atoms with van der Waals surface area (Å²) in [6.07, 6.45) is 4.33. The van der Waals surface area contributed by atoms with E-state index in [0.29, 0.717) is 0 Å². The SMILES string of the molecule is CCSC1(C(=O)CC#N)CCCC1. The van der Waals surface area contributed by atoms with Crippen LogP contribution < -0.4 is 0 Å². The van der Waals surface area contributed by atoms with E-state index in [4.69, 9.17) is 5.26 Å². The Bertz CT molecular complexity index is 226. The molecule has 0 bridgehead atoms. The predicted octanol–water partition coefficient (Wildman–Crippen LogP) is 2.54. The molecule has 13 heavy (non-hydrogen) atoms. The molecule has 3 heteroatoms. The molecule has 0 N–H and O–H groups in total. The molecule has 0 aromatic heterocycles. The molecular formula is C10H15NOS. The van der Waals surface area contributed by atoms with E-state index in [1.807, 2.05) is 6.07 Å². The first kappa shape index (κ1) is 10.6. The molecule has 0 radical (unpaired) electrons. The lowest BCUT2D eigenvalue weighted by atomic mass is 9.99. The van der Waals surface area contributed by atoms with Gasteiger partial charge in [-0.3, -0.25) is 4.79 Å². The number of nitrogens with zero attached hydrogens (tertiary/aromatic N) is 1. The summed E-state index contributed by atoms with van der Waals surface area (Å²) >= 11 is 1.73. The number of Topliss-reactive ketones (excluding diaryl/α,β-unsaturated/α-hetero) is 1. The Balaban J connectivity index is 2.66. The molecule has 0 aliphatic heterocycles. The molecule has 0 unspecified atom stereocenters. The summed E-state index contributed by atoms with van der Waals surface area (Å²) in [4.78, 5) is 11.7. The highest BCUT2D eigenvalue weighted by Gasteiger charge is 2.40. The lowest BCUT2D eigenvalue weighted by molar-refractivity contribution is -0.120. The number of ketones is 1. The Labute approximate surface area is 83.7 Å². The van der Waals surface area contributed by atoms with Crippen molar-refractivity contribution in [3.63, 3.8) is 0 Å². The maximum Gasteiger partial charge on any atom is 0.162 e. The van der Waals surface area contributed by atoms with E-state index in [1.54, 1.807) is 11.8 Å². The van der Waals surface area contributed by atoms with Gasteiger partial charge < -0.3 is 0 Å². The van der Waals surface area contributed by atoms with Gasteiger partial charge in [0.2, 0.25) is 0 Å². The third-order valence-corrected chi connectivity index (χ3v) is 4.06. The summed E-state index contributed by atoms with van der Waals surface area (Å²) in [5.74, 6) is 1.12. The fraction of sp³-hybridized carbons (Fsp3) is 0.800. The van der Waals surface area contributed by atoms with Crippen LogP contribution in [0.2, 0.25) is 0 Å². The highest BCUT2D eigenvalue weighted by molar-refractivity contribution is 8.01. The molecule has 2 nitrogen and oxygen atoms in total. The second kappa shape index (κ2) is 4.66. The molecular weight excluding hydrogens is 182 g/mol. The van der Waals surface area contributed by atoms with E-state index in [0.717, 1.165) is 31.4 Å². The molecule has 1 saturated carbocycles. The molecule has 1 rings (SSSR count). The Kier molecular flexibility index (Phi) is 3.80. The van der Waals surface area contributed by atoms with Gasteiger partial charge in [0, 0.05) is 0 Å². The number of nitriles is 1. The lowest BCUT2D eigenvalue weighted by Gasteiger charge is -2.24. The van der Waals surface area contributed by atoms with Crippen molar-refractivity contribution in [2.75, 3.05) is 5.75 Å². The molecule has 72 valence electrons. The second-order valence-corrected chi connectivity index (χ2v) is 5.04. The average molecular weight is 197 g/mol. The molecule has 0 amide bonds. The van der Waals surface area contributed by atoms with Gasteiger partial charge in [0.1, 0.15) is 0 Å². The Hall–Kier alpha value is -0.490. The molecule has 0 aromatic rings. The quantitative estimate of drug-likeness (QED) is 0.695. The predicted molar refractivity (Wildman–Crippen MR) is 54.6 cm³/mol. The molecule has 1 fully saturated rings. The first-order valence-electron chi connectivity index (χ1n) is 4.79. The van der Waals surface area contributed by atoms with Gasteiger partial charge >= 0.3 is 0 Å². The average Bonchev–Trinajstić information content (AvgIpc) is 2.55. The molecule has 0 atom stereocenters. The zero-order chi connectivity index (χ0) is 9.73. The van der Waals surface area contributed by atoms with Gasteiger partial charge in [0.15, 0.2) is 5.78 Å². The van der Waals surface area contributed by atoms with Crippen molar-refractivity contribution in [1.82, 2.24) is 0 Å². The van der Waals surface area contributed by atoms with Crippen molar-refractivity contribution in [1.29, 1.82) is 5.26 Å². The van der Waals surface area contributed by atoms with Crippen LogP contribution in [0.15, 0.2) is 0 Å². The third kappa shape index (κ3) is 2.25. The summed E-state index contributed by atoms with van der Waals surface area (Å²) < 4.78 is -0.190. The van der Waals surface area contributed by atoms with Gasteiger partial charge in [-0.25, -0.2) is 0 Å². The van der Waals surface area contributed by atoms with Crippen LogP contribution in [-0.4, -0.2) is 16.3 Å². The summed E-state index contributed by atoms with van der Waals surface area (Å²) in [6.45, 7) is 2.07. The first-order chi connectivity index (χ1) is 6.25. The third-order valence-electron chi connectivity index (χ3n) is 2.58. The summed E-state index contributed by atoms with van der Waals surface area (Å²) in [6, 6.07) is 1.96. The van der Waals surface area contributed by atoms with Crippen LogP contribution in [0.1, 0.15) is 39.0 Å². The van der Waals surface area contributed by atoms with Crippen molar-refractivity contribution in [2.24, 2.45) is 0 Å². The highest BCUT2D eigenvalue weighted by Crippen LogP contribution is 2.42. The van der Waals surface area contributed by atoms with Crippen LogP contribution in [0.25, 0.3) is 0 Å². The van der Waals surface area contributed by atoms with Crippen molar-refractivity contribution in [2.45, 2.75) is 43.8 Å². The van der Waals surface area contributed by atoms with Crippen molar-refractivity contribution < 1.29 is 4.79 Å². The Morgan fingerprint density at radius 2 is 2.15 bits per heavy atom. The monoisotopic (exact) mass is 197 g/mol. The lowest BCUT2D eigenvalue weighted by Crippen LogP contribution is -2.31. The molecule has 0 spiro atoms. The minimum absolute atomic E-state index is 0.0903. The van der Waals surface area contributed by atoms with Crippen molar-refractivity contribution in [3.05, 3.63) is 0 Å². The standard InChI is InChI=1S/C10H15NOS/c1-2-13-10(6-3-4-7-10)9(12)5-8-11/h2-7H2,1H3. The zero-order valence-electron chi connectivity index (χ0n) is 8.01. The topological polar surface area (TPSA) is 40.9 Å². The van der Waals surface area contributed by atoms with Crippen molar-refractivity contribution in [3.8, 4) is 6.07 Å². The number of carbonyl (C=O) groups excluding carboxylic acids is 1. The number of hydrogen-bond acceptors (Lipinski definition) is 3. The molecule has 0 heterocycles. The van der Waals surface area contributed by atoms with Crippen LogP contribution in [0, 0.1) is 11.3 Å². The van der Waals surface area contributed by atoms with Gasteiger partial charge in [-0.1, -0.05) is 19.8 Å². The molecule has 1 aliphatic carbocycles. The van der Waals surface area contributed by atoms with Gasteiger partial charge in [-0.2, -0.15) is 5.26 Å². The van der Waals surface area contributed by atoms with Gasteiger partial charge in [0.25, 0.3) is 0 Å². The van der Waals surface area contributed by atoms with Gasteiger partial charge in [-0.15, -0.1) is 11.8 Å². The minimum atomic E-state index is -0.190. The highest BCUT2D eigenvalue weighted by atomic mass is 32.2. The van der Waals surface area contributed by atoms with Gasteiger partial charge in [-0.05, 0) is 18.6 Å². The van der Waals surface area contributed by atoms with Crippen LogP contribution in [0.3, 0.4) is 0 Å². The normalized spacial score (nSPS) is 19.7. The van der Waals surface area contributed by atoms with E-state index in [-0.39, 0.29) is 17.0 Å². The fourth-order valence-electron chi connectivity index (χ4n) is 1.96. The van der Waals surface area contributed by atoms with Crippen LogP contribution in [-0.2, 0) is 4.79 Å². The second-order valence-electron chi connectivity index (χ2n) is 3.39. The summed E-state index contributed by atoms with van der Waals surface area (Å²) in [5, 5.41) is 8.50. The zero-order valence-corrected chi connectivity index (χ0v) is 8.82. The fourth-order valence-corrected chi connectivity index (χ4v) is 3.32. The van der Waals surface area contributed by atoms with Crippen LogP contribution >= 0.6 is 11.8 Å². The van der Waals surface area contributed by atoms with Gasteiger partial charge in [0.05, 0.1) is 17.2 Å². The van der Waals surface area contributed by atoms with E-state index in [9.17, 15) is 4.79 Å². The number of thioether (sulfide) groups is 1. The van der Waals surface area contributed by atoms with Crippen LogP contribution in [0.4, 0.5) is 0 Å². The number of hydrogen-bond donors (Lipinski definition) is 0. The molecule has 0 saturated heterocycles. The van der Waals surface area contributed by atoms with E-state index < -0.39 is 0 Å². The number of rotatable bonds is 4. The maximum absolute atomic E-state index is 11.7.